The molecule has 0 aliphatic carbocycles. The van der Waals surface area contributed by atoms with E-state index in [1.807, 2.05) is 0 Å². The van der Waals surface area contributed by atoms with Gasteiger partial charge in [-0.1, -0.05) is 17.7 Å². The minimum atomic E-state index is -0.282. The third-order valence-electron chi connectivity index (χ3n) is 3.05. The van der Waals surface area contributed by atoms with E-state index in [1.165, 1.54) is 6.20 Å². The summed E-state index contributed by atoms with van der Waals surface area (Å²) in [5.41, 5.74) is 2.57. The lowest BCUT2D eigenvalue weighted by Gasteiger charge is -2.07. The molecule has 2 N–H and O–H groups in total. The van der Waals surface area contributed by atoms with Crippen LogP contribution in [-0.4, -0.2) is 16.8 Å². The SMILES string of the molecule is O=C1Cc2ccc(C(=O)Nc3cnc(Cl)c(Br)c3)cc2N1. The van der Waals surface area contributed by atoms with Crippen molar-refractivity contribution < 1.29 is 9.59 Å². The molecule has 0 bridgehead atoms. The zero-order valence-corrected chi connectivity index (χ0v) is 13.0. The molecule has 0 spiro atoms. The normalized spacial score (nSPS) is 12.8. The van der Waals surface area contributed by atoms with Crippen LogP contribution in [0.4, 0.5) is 11.4 Å². The zero-order valence-electron chi connectivity index (χ0n) is 10.6. The Bertz CT molecular complexity index is 764. The van der Waals surface area contributed by atoms with Gasteiger partial charge in [-0.15, -0.1) is 0 Å². The van der Waals surface area contributed by atoms with Crippen LogP contribution in [0.5, 0.6) is 0 Å². The van der Waals surface area contributed by atoms with Gasteiger partial charge in [-0.25, -0.2) is 4.98 Å². The van der Waals surface area contributed by atoms with E-state index in [0.29, 0.717) is 33.0 Å². The van der Waals surface area contributed by atoms with Crippen molar-refractivity contribution in [2.75, 3.05) is 10.6 Å². The molecule has 0 unspecified atom stereocenters. The number of pyridine rings is 1. The third-order valence-corrected chi connectivity index (χ3v) is 4.19. The molecule has 106 valence electrons. The Morgan fingerprint density at radius 1 is 1.38 bits per heavy atom. The number of hydrogen-bond acceptors (Lipinski definition) is 3. The van der Waals surface area contributed by atoms with Gasteiger partial charge in [-0.3, -0.25) is 9.59 Å². The highest BCUT2D eigenvalue weighted by molar-refractivity contribution is 9.10. The Hall–Kier alpha value is -1.92. The molecule has 1 aromatic heterocycles. The average Bonchev–Trinajstić information content (AvgIpc) is 2.82. The molecule has 2 amide bonds. The van der Waals surface area contributed by atoms with Crippen molar-refractivity contribution in [1.29, 1.82) is 0 Å². The van der Waals surface area contributed by atoms with Gasteiger partial charge >= 0.3 is 0 Å². The summed E-state index contributed by atoms with van der Waals surface area (Å²) in [6.45, 7) is 0. The number of halogens is 2. The van der Waals surface area contributed by atoms with Gasteiger partial charge < -0.3 is 10.6 Å². The van der Waals surface area contributed by atoms with Gasteiger partial charge in [0.05, 0.1) is 22.8 Å². The number of rotatable bonds is 2. The third kappa shape index (κ3) is 2.91. The number of carbonyl (C=O) groups excluding carboxylic acids is 2. The van der Waals surface area contributed by atoms with E-state index in [1.54, 1.807) is 24.3 Å². The van der Waals surface area contributed by atoms with E-state index in [4.69, 9.17) is 11.6 Å². The summed E-state index contributed by atoms with van der Waals surface area (Å²) in [5.74, 6) is -0.344. The molecule has 0 saturated carbocycles. The van der Waals surface area contributed by atoms with E-state index in [2.05, 4.69) is 31.5 Å². The predicted octanol–water partition coefficient (Wildman–Crippen LogP) is 3.24. The lowest BCUT2D eigenvalue weighted by Crippen LogP contribution is -2.12. The van der Waals surface area contributed by atoms with Crippen LogP contribution in [0.3, 0.4) is 0 Å². The summed E-state index contributed by atoms with van der Waals surface area (Å²) in [6, 6.07) is 6.79. The fourth-order valence-electron chi connectivity index (χ4n) is 2.05. The topological polar surface area (TPSA) is 71.1 Å². The number of amides is 2. The molecule has 1 aliphatic rings. The summed E-state index contributed by atoms with van der Waals surface area (Å²) in [5, 5.41) is 5.77. The van der Waals surface area contributed by atoms with Crippen LogP contribution in [0.25, 0.3) is 0 Å². The molecule has 0 fully saturated rings. The molecule has 2 heterocycles. The van der Waals surface area contributed by atoms with Crippen molar-refractivity contribution in [2.45, 2.75) is 6.42 Å². The average molecular weight is 367 g/mol. The minimum Gasteiger partial charge on any atom is -0.326 e. The van der Waals surface area contributed by atoms with E-state index in [0.717, 1.165) is 5.56 Å². The van der Waals surface area contributed by atoms with Crippen LogP contribution in [0.15, 0.2) is 34.9 Å². The summed E-state index contributed by atoms with van der Waals surface area (Å²) < 4.78 is 0.600. The fraction of sp³-hybridized carbons (Fsp3) is 0.0714. The van der Waals surface area contributed by atoms with Gasteiger partial charge in [0.2, 0.25) is 5.91 Å². The van der Waals surface area contributed by atoms with Crippen LogP contribution in [0, 0.1) is 0 Å². The van der Waals surface area contributed by atoms with E-state index < -0.39 is 0 Å². The number of aromatic nitrogens is 1. The van der Waals surface area contributed by atoms with E-state index >= 15 is 0 Å². The first-order valence-electron chi connectivity index (χ1n) is 6.08. The molecule has 3 rings (SSSR count). The highest BCUT2D eigenvalue weighted by Crippen LogP contribution is 2.26. The molecule has 2 aromatic rings. The predicted molar refractivity (Wildman–Crippen MR) is 83.7 cm³/mol. The number of nitrogens with zero attached hydrogens (tertiary/aromatic N) is 1. The maximum absolute atomic E-state index is 12.2. The highest BCUT2D eigenvalue weighted by atomic mass is 79.9. The van der Waals surface area contributed by atoms with Crippen molar-refractivity contribution in [1.82, 2.24) is 4.98 Å². The number of nitrogens with one attached hydrogen (secondary N) is 2. The van der Waals surface area contributed by atoms with Crippen molar-refractivity contribution in [2.24, 2.45) is 0 Å². The smallest absolute Gasteiger partial charge is 0.255 e. The van der Waals surface area contributed by atoms with Gasteiger partial charge in [0.1, 0.15) is 5.15 Å². The maximum atomic E-state index is 12.2. The highest BCUT2D eigenvalue weighted by Gasteiger charge is 2.19. The molecule has 5 nitrogen and oxygen atoms in total. The van der Waals surface area contributed by atoms with Crippen molar-refractivity contribution >= 4 is 50.7 Å². The minimum absolute atomic E-state index is 0.0617. The number of fused-ring (bicyclic) bond motifs is 1. The van der Waals surface area contributed by atoms with Gasteiger partial charge in [-0.2, -0.15) is 0 Å². The second kappa shape index (κ2) is 5.46. The lowest BCUT2D eigenvalue weighted by molar-refractivity contribution is -0.115. The Morgan fingerprint density at radius 3 is 2.95 bits per heavy atom. The fourth-order valence-corrected chi connectivity index (χ4v) is 2.50. The Labute approximate surface area is 133 Å². The van der Waals surface area contributed by atoms with Crippen molar-refractivity contribution in [3.8, 4) is 0 Å². The Morgan fingerprint density at radius 2 is 2.19 bits per heavy atom. The standard InChI is InChI=1S/C14H9BrClN3O2/c15-10-5-9(6-17-13(10)16)18-14(21)8-2-1-7-4-12(20)19-11(7)3-8/h1-3,5-6H,4H2,(H,18,21)(H,19,20). The summed E-state index contributed by atoms with van der Waals surface area (Å²) in [7, 11) is 0. The summed E-state index contributed by atoms with van der Waals surface area (Å²) in [6.07, 6.45) is 1.82. The molecule has 21 heavy (non-hydrogen) atoms. The number of anilines is 2. The molecular weight excluding hydrogens is 358 g/mol. The van der Waals surface area contributed by atoms with Crippen LogP contribution in [0.2, 0.25) is 5.15 Å². The van der Waals surface area contributed by atoms with Gasteiger partial charge in [0.25, 0.3) is 5.91 Å². The van der Waals surface area contributed by atoms with E-state index in [-0.39, 0.29) is 11.8 Å². The number of hydrogen-bond donors (Lipinski definition) is 2. The monoisotopic (exact) mass is 365 g/mol. The number of benzene rings is 1. The molecule has 0 atom stereocenters. The van der Waals surface area contributed by atoms with Crippen LogP contribution in [-0.2, 0) is 11.2 Å². The first-order valence-corrected chi connectivity index (χ1v) is 7.25. The molecular formula is C14H9BrClN3O2. The first-order chi connectivity index (χ1) is 10.0. The number of carbonyl (C=O) groups is 2. The zero-order chi connectivity index (χ0) is 15.0. The lowest BCUT2D eigenvalue weighted by atomic mass is 10.1. The van der Waals surface area contributed by atoms with E-state index in [9.17, 15) is 9.59 Å². The van der Waals surface area contributed by atoms with Crippen LogP contribution in [0.1, 0.15) is 15.9 Å². The van der Waals surface area contributed by atoms with Crippen molar-refractivity contribution in [3.05, 3.63) is 51.2 Å². The Balaban J connectivity index is 1.81. The van der Waals surface area contributed by atoms with Gasteiger partial charge in [0, 0.05) is 11.3 Å². The van der Waals surface area contributed by atoms with Gasteiger partial charge in [0.15, 0.2) is 0 Å². The molecule has 7 heteroatoms. The second-order valence-electron chi connectivity index (χ2n) is 4.55. The largest absolute Gasteiger partial charge is 0.326 e. The Kier molecular flexibility index (Phi) is 3.65. The molecule has 0 radical (unpaired) electrons. The summed E-state index contributed by atoms with van der Waals surface area (Å²) >= 11 is 9.05. The molecule has 1 aliphatic heterocycles. The first kappa shape index (κ1) is 14.0. The quantitative estimate of drug-likeness (QED) is 0.802. The molecule has 1 aromatic carbocycles. The maximum Gasteiger partial charge on any atom is 0.255 e. The second-order valence-corrected chi connectivity index (χ2v) is 5.76. The summed E-state index contributed by atoms with van der Waals surface area (Å²) in [4.78, 5) is 27.4. The van der Waals surface area contributed by atoms with Crippen molar-refractivity contribution in [3.63, 3.8) is 0 Å². The van der Waals surface area contributed by atoms with Crippen LogP contribution < -0.4 is 10.6 Å². The molecule has 0 saturated heterocycles. The van der Waals surface area contributed by atoms with Gasteiger partial charge in [-0.05, 0) is 39.7 Å². The van der Waals surface area contributed by atoms with Crippen LogP contribution >= 0.6 is 27.5 Å².